The third kappa shape index (κ3) is 4.34. The van der Waals surface area contributed by atoms with Crippen LogP contribution >= 0.6 is 11.6 Å². The van der Waals surface area contributed by atoms with Gasteiger partial charge in [-0.3, -0.25) is 9.69 Å². The highest BCUT2D eigenvalue weighted by molar-refractivity contribution is 6.31. The van der Waals surface area contributed by atoms with Gasteiger partial charge in [-0.15, -0.1) is 0 Å². The van der Waals surface area contributed by atoms with E-state index in [1.54, 1.807) is 17.0 Å². The van der Waals surface area contributed by atoms with Gasteiger partial charge in [0.25, 0.3) is 0 Å². The van der Waals surface area contributed by atoms with Crippen LogP contribution in [0.2, 0.25) is 5.02 Å². The van der Waals surface area contributed by atoms with Crippen LogP contribution < -0.4 is 5.32 Å². The number of piperazine rings is 1. The maximum atomic E-state index is 12.1. The number of hydrogen-bond acceptors (Lipinski definition) is 3. The van der Waals surface area contributed by atoms with E-state index in [1.165, 1.54) is 0 Å². The summed E-state index contributed by atoms with van der Waals surface area (Å²) in [4.78, 5) is 26.3. The molecule has 0 radical (unpaired) electrons. The number of amides is 2. The lowest BCUT2D eigenvalue weighted by Gasteiger charge is -2.33. The number of hydrogen-bond donors (Lipinski definition) is 2. The number of carboxylic acids is 1. The van der Waals surface area contributed by atoms with Gasteiger partial charge in [-0.2, -0.15) is 0 Å². The topological polar surface area (TPSA) is 72.9 Å². The van der Waals surface area contributed by atoms with Crippen molar-refractivity contribution in [2.75, 3.05) is 38.0 Å². The summed E-state index contributed by atoms with van der Waals surface area (Å²) in [5.74, 6) is -0.845. The van der Waals surface area contributed by atoms with Crippen molar-refractivity contribution in [2.45, 2.75) is 6.92 Å². The van der Waals surface area contributed by atoms with E-state index in [9.17, 15) is 9.59 Å². The van der Waals surface area contributed by atoms with Crippen molar-refractivity contribution in [3.63, 3.8) is 0 Å². The molecule has 0 bridgehead atoms. The number of nitrogens with zero attached hydrogens (tertiary/aromatic N) is 2. The molecule has 1 heterocycles. The monoisotopic (exact) mass is 311 g/mol. The maximum Gasteiger partial charge on any atom is 0.321 e. The van der Waals surface area contributed by atoms with Crippen molar-refractivity contribution in [2.24, 2.45) is 0 Å². The summed E-state index contributed by atoms with van der Waals surface area (Å²) in [6, 6.07) is 5.18. The number of carboxylic acid groups (broad SMARTS) is 1. The Morgan fingerprint density at radius 2 is 1.95 bits per heavy atom. The summed E-state index contributed by atoms with van der Waals surface area (Å²) >= 11 is 6.02. The molecule has 2 rings (SSSR count). The summed E-state index contributed by atoms with van der Waals surface area (Å²) < 4.78 is 0. The molecule has 1 aromatic rings. The first-order valence-corrected chi connectivity index (χ1v) is 7.10. The highest BCUT2D eigenvalue weighted by Crippen LogP contribution is 2.20. The molecule has 1 aliphatic heterocycles. The molecule has 2 N–H and O–H groups in total. The summed E-state index contributed by atoms with van der Waals surface area (Å²) in [5.41, 5.74) is 1.61. The summed E-state index contributed by atoms with van der Waals surface area (Å²) in [6.45, 7) is 4.07. The maximum absolute atomic E-state index is 12.1. The second kappa shape index (κ2) is 6.78. The summed E-state index contributed by atoms with van der Waals surface area (Å²) in [6.07, 6.45) is 0. The minimum atomic E-state index is -0.845. The van der Waals surface area contributed by atoms with E-state index in [4.69, 9.17) is 16.7 Å². The van der Waals surface area contributed by atoms with Crippen molar-refractivity contribution >= 4 is 29.3 Å². The molecule has 0 atom stereocenters. The Balaban J connectivity index is 1.87. The predicted octanol–water partition coefficient (Wildman–Crippen LogP) is 1.88. The third-order valence-electron chi connectivity index (χ3n) is 3.44. The van der Waals surface area contributed by atoms with E-state index in [-0.39, 0.29) is 12.6 Å². The lowest BCUT2D eigenvalue weighted by Crippen LogP contribution is -2.51. The van der Waals surface area contributed by atoms with Gasteiger partial charge in [0.2, 0.25) is 0 Å². The van der Waals surface area contributed by atoms with E-state index in [0.29, 0.717) is 36.9 Å². The molecule has 114 valence electrons. The highest BCUT2D eigenvalue weighted by atomic mass is 35.5. The molecular weight excluding hydrogens is 294 g/mol. The van der Waals surface area contributed by atoms with Gasteiger partial charge in [-0.05, 0) is 24.6 Å². The average Bonchev–Trinajstić information content (AvgIpc) is 2.43. The second-order valence-corrected chi connectivity index (χ2v) is 5.46. The summed E-state index contributed by atoms with van der Waals surface area (Å²) in [7, 11) is 0. The number of carbonyl (C=O) groups excluding carboxylic acids is 1. The zero-order valence-electron chi connectivity index (χ0n) is 11.8. The summed E-state index contributed by atoms with van der Waals surface area (Å²) in [5, 5.41) is 12.2. The van der Waals surface area contributed by atoms with Crippen molar-refractivity contribution in [1.82, 2.24) is 9.80 Å². The lowest BCUT2D eigenvalue weighted by atomic mass is 10.2. The van der Waals surface area contributed by atoms with Gasteiger partial charge in [0.15, 0.2) is 0 Å². The van der Waals surface area contributed by atoms with Gasteiger partial charge in [0.1, 0.15) is 0 Å². The number of aliphatic carboxylic acids is 1. The number of urea groups is 1. The van der Waals surface area contributed by atoms with Crippen molar-refractivity contribution in [3.8, 4) is 0 Å². The van der Waals surface area contributed by atoms with Crippen LogP contribution in [-0.2, 0) is 4.79 Å². The van der Waals surface area contributed by atoms with Gasteiger partial charge in [0.05, 0.1) is 6.54 Å². The Morgan fingerprint density at radius 3 is 2.52 bits per heavy atom. The number of carbonyl (C=O) groups is 2. The number of rotatable bonds is 3. The van der Waals surface area contributed by atoms with Gasteiger partial charge in [0, 0.05) is 36.9 Å². The fourth-order valence-electron chi connectivity index (χ4n) is 2.17. The Hall–Kier alpha value is -1.79. The molecule has 21 heavy (non-hydrogen) atoms. The molecular formula is C14H18ClN3O3. The highest BCUT2D eigenvalue weighted by Gasteiger charge is 2.22. The second-order valence-electron chi connectivity index (χ2n) is 5.05. The van der Waals surface area contributed by atoms with E-state index < -0.39 is 5.97 Å². The van der Waals surface area contributed by atoms with Crippen LogP contribution in [0.1, 0.15) is 5.56 Å². The minimum Gasteiger partial charge on any atom is -0.480 e. The quantitative estimate of drug-likeness (QED) is 0.894. The smallest absolute Gasteiger partial charge is 0.321 e. The molecule has 0 spiro atoms. The Bertz CT molecular complexity index is 542. The number of aryl methyl sites for hydroxylation is 1. The SMILES string of the molecule is Cc1ccc(NC(=O)N2CCN(CC(=O)O)CC2)cc1Cl. The molecule has 0 aromatic heterocycles. The molecule has 1 saturated heterocycles. The first-order chi connectivity index (χ1) is 9.95. The molecule has 6 nitrogen and oxygen atoms in total. The normalized spacial score (nSPS) is 15.8. The van der Waals surface area contributed by atoms with Crippen LogP contribution in [0.3, 0.4) is 0 Å². The molecule has 1 aromatic carbocycles. The fourth-order valence-corrected chi connectivity index (χ4v) is 2.35. The van der Waals surface area contributed by atoms with Crippen LogP contribution in [-0.4, -0.2) is 59.6 Å². The zero-order chi connectivity index (χ0) is 15.4. The van der Waals surface area contributed by atoms with Gasteiger partial charge < -0.3 is 15.3 Å². The van der Waals surface area contributed by atoms with Crippen LogP contribution in [0, 0.1) is 6.92 Å². The minimum absolute atomic E-state index is 0.0169. The molecule has 7 heteroatoms. The van der Waals surface area contributed by atoms with Crippen molar-refractivity contribution < 1.29 is 14.7 Å². The molecule has 0 aliphatic carbocycles. The first-order valence-electron chi connectivity index (χ1n) is 6.72. The fraction of sp³-hybridized carbons (Fsp3) is 0.429. The standard InChI is InChI=1S/C14H18ClN3O3/c1-10-2-3-11(8-12(10)15)16-14(21)18-6-4-17(5-7-18)9-13(19)20/h2-3,8H,4-7,9H2,1H3,(H,16,21)(H,19,20). The van der Waals surface area contributed by atoms with Crippen LogP contribution in [0.25, 0.3) is 0 Å². The van der Waals surface area contributed by atoms with Crippen molar-refractivity contribution in [1.29, 1.82) is 0 Å². The van der Waals surface area contributed by atoms with Gasteiger partial charge in [-0.25, -0.2) is 4.79 Å². The molecule has 1 fully saturated rings. The predicted molar refractivity (Wildman–Crippen MR) is 80.9 cm³/mol. The Morgan fingerprint density at radius 1 is 1.29 bits per heavy atom. The van der Waals surface area contributed by atoms with Crippen LogP contribution in [0.4, 0.5) is 10.5 Å². The lowest BCUT2D eigenvalue weighted by molar-refractivity contribution is -0.138. The molecule has 0 saturated carbocycles. The molecule has 2 amide bonds. The van der Waals surface area contributed by atoms with Crippen LogP contribution in [0.5, 0.6) is 0 Å². The molecule has 1 aliphatic rings. The molecule has 0 unspecified atom stereocenters. The number of anilines is 1. The van der Waals surface area contributed by atoms with E-state index >= 15 is 0 Å². The van der Waals surface area contributed by atoms with Crippen molar-refractivity contribution in [3.05, 3.63) is 28.8 Å². The number of halogens is 1. The number of nitrogens with one attached hydrogen (secondary N) is 1. The van der Waals surface area contributed by atoms with Gasteiger partial charge in [-0.1, -0.05) is 17.7 Å². The number of benzene rings is 1. The van der Waals surface area contributed by atoms with E-state index in [1.807, 2.05) is 17.9 Å². The largest absolute Gasteiger partial charge is 0.480 e. The van der Waals surface area contributed by atoms with Crippen LogP contribution in [0.15, 0.2) is 18.2 Å². The first kappa shape index (κ1) is 15.6. The third-order valence-corrected chi connectivity index (χ3v) is 3.85. The van der Waals surface area contributed by atoms with E-state index in [0.717, 1.165) is 5.56 Å². The average molecular weight is 312 g/mol. The zero-order valence-corrected chi connectivity index (χ0v) is 12.6. The Kier molecular flexibility index (Phi) is 5.03. The van der Waals surface area contributed by atoms with Gasteiger partial charge >= 0.3 is 12.0 Å². The Labute approximate surface area is 128 Å². The van der Waals surface area contributed by atoms with E-state index in [2.05, 4.69) is 5.32 Å².